The number of unbranched alkanes of at least 4 members (excludes halogenated alkanes) is 4. The largest absolute Gasteiger partial charge is 0.550 e. The molecule has 198 valence electrons. The van der Waals surface area contributed by atoms with Crippen molar-refractivity contribution in [3.05, 3.63) is 0 Å². The number of aliphatic carboxylic acids is 2. The van der Waals surface area contributed by atoms with Crippen molar-refractivity contribution in [2.24, 2.45) is 17.3 Å². The zero-order valence-corrected chi connectivity index (χ0v) is 23.1. The Bertz CT molecular complexity index is 656. The van der Waals surface area contributed by atoms with Crippen LogP contribution in [-0.2, 0) is 9.59 Å². The summed E-state index contributed by atoms with van der Waals surface area (Å²) in [6, 6.07) is 0. The first kappa shape index (κ1) is 29.1. The van der Waals surface area contributed by atoms with Gasteiger partial charge < -0.3 is 30.4 Å². The monoisotopic (exact) mass is 478 g/mol. The lowest BCUT2D eigenvalue weighted by atomic mass is 9.52. The van der Waals surface area contributed by atoms with Gasteiger partial charge in [0, 0.05) is 39.5 Å². The highest BCUT2D eigenvalue weighted by atomic mass is 16.4. The van der Waals surface area contributed by atoms with Gasteiger partial charge in [0.25, 0.3) is 0 Å². The number of carbonyl (C=O) groups excluding carboxylic acids is 2. The van der Waals surface area contributed by atoms with E-state index in [1.807, 2.05) is 0 Å². The second-order valence-corrected chi connectivity index (χ2v) is 14.0. The molecule has 2 rings (SSSR count). The molecular weight excluding hydrogens is 428 g/mol. The summed E-state index contributed by atoms with van der Waals surface area (Å²) in [4.78, 5) is 23.9. The molecule has 6 nitrogen and oxygen atoms in total. The summed E-state index contributed by atoms with van der Waals surface area (Å²) in [7, 11) is 0. The van der Waals surface area contributed by atoms with Gasteiger partial charge in [-0.2, -0.15) is 0 Å². The average Bonchev–Trinajstić information content (AvgIpc) is 2.58. The van der Waals surface area contributed by atoms with Gasteiger partial charge in [0.15, 0.2) is 0 Å². The standard InChI is InChI=1S/C28H52N2O4/c1-24(2)16-20(17-25(3,4)29-24)28(23(33)34,15-13-11-9-10-12-14-22(31)32)21-18-26(5,6)30-27(7,8)19-21/h20-21,29-30H,9-19H2,1-8H3,(H,31,32)(H,33,34)/p-2. The van der Waals surface area contributed by atoms with Gasteiger partial charge in [-0.1, -0.05) is 25.7 Å². The molecule has 34 heavy (non-hydrogen) atoms. The third kappa shape index (κ3) is 7.68. The van der Waals surface area contributed by atoms with Crippen LogP contribution >= 0.6 is 0 Å². The average molecular weight is 479 g/mol. The highest BCUT2D eigenvalue weighted by Gasteiger charge is 2.55. The molecule has 0 aromatic carbocycles. The van der Waals surface area contributed by atoms with Crippen molar-refractivity contribution in [3.63, 3.8) is 0 Å². The minimum atomic E-state index is -0.997. The molecule has 0 aromatic heterocycles. The van der Waals surface area contributed by atoms with Gasteiger partial charge in [0.2, 0.25) is 0 Å². The maximum atomic E-state index is 13.3. The Morgan fingerprint density at radius 1 is 0.676 bits per heavy atom. The van der Waals surface area contributed by atoms with Gasteiger partial charge in [-0.3, -0.25) is 0 Å². The molecule has 0 amide bonds. The Balaban J connectivity index is 2.34. The highest BCUT2D eigenvalue weighted by molar-refractivity contribution is 5.73. The first-order valence-corrected chi connectivity index (χ1v) is 13.4. The van der Waals surface area contributed by atoms with Crippen molar-refractivity contribution >= 4 is 11.9 Å². The fraction of sp³-hybridized carbons (Fsp3) is 0.929. The molecule has 0 radical (unpaired) electrons. The second-order valence-electron chi connectivity index (χ2n) is 14.0. The molecule has 2 aliphatic rings. The van der Waals surface area contributed by atoms with Crippen LogP contribution in [0.3, 0.4) is 0 Å². The van der Waals surface area contributed by atoms with Crippen molar-refractivity contribution in [2.45, 2.75) is 148 Å². The molecule has 6 heteroatoms. The van der Waals surface area contributed by atoms with Crippen LogP contribution in [-0.4, -0.2) is 34.1 Å². The van der Waals surface area contributed by atoms with Crippen LogP contribution in [0.5, 0.6) is 0 Å². The van der Waals surface area contributed by atoms with E-state index < -0.39 is 17.4 Å². The molecule has 0 unspecified atom stereocenters. The summed E-state index contributed by atoms with van der Waals surface area (Å²) in [6.45, 7) is 17.5. The highest BCUT2D eigenvalue weighted by Crippen LogP contribution is 2.55. The van der Waals surface area contributed by atoms with Crippen molar-refractivity contribution in [2.75, 3.05) is 0 Å². The number of hydrogen-bond donors (Lipinski definition) is 2. The Kier molecular flexibility index (Phi) is 8.95. The molecule has 0 aromatic rings. The van der Waals surface area contributed by atoms with E-state index in [9.17, 15) is 19.8 Å². The van der Waals surface area contributed by atoms with E-state index in [-0.39, 0.29) is 40.4 Å². The SMILES string of the molecule is CC1(C)CC(C(CCCCCCCC(=O)[O-])(C(=O)[O-])C2CC(C)(C)NC(C)(C)C2)CC(C)(C)N1. The van der Waals surface area contributed by atoms with E-state index in [1.165, 1.54) is 0 Å². The van der Waals surface area contributed by atoms with Gasteiger partial charge >= 0.3 is 0 Å². The lowest BCUT2D eigenvalue weighted by molar-refractivity contribution is -0.329. The number of carbonyl (C=O) groups is 2. The topological polar surface area (TPSA) is 104 Å². The van der Waals surface area contributed by atoms with Crippen molar-refractivity contribution < 1.29 is 19.8 Å². The van der Waals surface area contributed by atoms with Crippen LogP contribution in [0.1, 0.15) is 126 Å². The third-order valence-electron chi connectivity index (χ3n) is 8.19. The van der Waals surface area contributed by atoms with E-state index in [4.69, 9.17) is 0 Å². The molecule has 2 saturated heterocycles. The van der Waals surface area contributed by atoms with Gasteiger partial charge in [0.05, 0.1) is 0 Å². The van der Waals surface area contributed by atoms with Gasteiger partial charge in [-0.15, -0.1) is 0 Å². The number of nitrogens with one attached hydrogen (secondary N) is 2. The van der Waals surface area contributed by atoms with Gasteiger partial charge in [-0.05, 0) is 112 Å². The molecular formula is C28H50N2O4-2. The normalized spacial score (nSPS) is 24.6. The number of hydrogen-bond acceptors (Lipinski definition) is 6. The summed E-state index contributed by atoms with van der Waals surface area (Å²) in [5.41, 5.74) is -1.45. The van der Waals surface area contributed by atoms with Crippen molar-refractivity contribution in [1.29, 1.82) is 0 Å². The molecule has 0 spiro atoms. The predicted molar refractivity (Wildman–Crippen MR) is 133 cm³/mol. The lowest BCUT2D eigenvalue weighted by Gasteiger charge is -2.59. The maximum Gasteiger partial charge on any atom is 0.0481 e. The Morgan fingerprint density at radius 2 is 1.03 bits per heavy atom. The number of piperidine rings is 2. The first-order chi connectivity index (χ1) is 15.4. The molecule has 0 aliphatic carbocycles. The summed E-state index contributed by atoms with van der Waals surface area (Å²) >= 11 is 0. The Hall–Kier alpha value is -1.14. The minimum absolute atomic E-state index is 0.0385. The van der Waals surface area contributed by atoms with Gasteiger partial charge in [-0.25, -0.2) is 0 Å². The van der Waals surface area contributed by atoms with E-state index in [0.717, 1.165) is 51.4 Å². The molecule has 0 bridgehead atoms. The predicted octanol–water partition coefficient (Wildman–Crippen LogP) is 3.32. The van der Waals surface area contributed by atoms with Crippen LogP contribution in [0.15, 0.2) is 0 Å². The number of carboxylic acids is 2. The summed E-state index contributed by atoms with van der Waals surface area (Å²) in [5, 5.41) is 31.4. The van der Waals surface area contributed by atoms with Crippen molar-refractivity contribution in [1.82, 2.24) is 10.6 Å². The molecule has 2 heterocycles. The summed E-state index contributed by atoms with van der Waals surface area (Å²) in [5.74, 6) is -1.79. The summed E-state index contributed by atoms with van der Waals surface area (Å²) < 4.78 is 0. The molecule has 2 N–H and O–H groups in total. The molecule has 0 atom stereocenters. The summed E-state index contributed by atoms with van der Waals surface area (Å²) in [6.07, 6.45) is 8.14. The number of carboxylic acid groups (broad SMARTS) is 2. The second kappa shape index (κ2) is 10.5. The lowest BCUT2D eigenvalue weighted by Crippen LogP contribution is -2.67. The fourth-order valence-electron chi connectivity index (χ4n) is 7.77. The third-order valence-corrected chi connectivity index (χ3v) is 8.19. The zero-order valence-electron chi connectivity index (χ0n) is 23.1. The van der Waals surface area contributed by atoms with E-state index >= 15 is 0 Å². The Labute approximate surface area is 208 Å². The smallest absolute Gasteiger partial charge is 0.0481 e. The minimum Gasteiger partial charge on any atom is -0.550 e. The quantitative estimate of drug-likeness (QED) is 0.442. The molecule has 2 fully saturated rings. The van der Waals surface area contributed by atoms with Crippen LogP contribution in [0.4, 0.5) is 0 Å². The van der Waals surface area contributed by atoms with Crippen LogP contribution in [0, 0.1) is 17.3 Å². The Morgan fingerprint density at radius 3 is 1.38 bits per heavy atom. The molecule has 2 aliphatic heterocycles. The fourth-order valence-corrected chi connectivity index (χ4v) is 7.77. The van der Waals surface area contributed by atoms with Crippen LogP contribution < -0.4 is 20.8 Å². The first-order valence-electron chi connectivity index (χ1n) is 13.4. The maximum absolute atomic E-state index is 13.3. The van der Waals surface area contributed by atoms with Crippen LogP contribution in [0.25, 0.3) is 0 Å². The van der Waals surface area contributed by atoms with Gasteiger partial charge in [0.1, 0.15) is 0 Å². The zero-order chi connectivity index (χ0) is 26.0. The van der Waals surface area contributed by atoms with E-state index in [1.54, 1.807) is 0 Å². The van der Waals surface area contributed by atoms with Crippen molar-refractivity contribution in [3.8, 4) is 0 Å². The van der Waals surface area contributed by atoms with E-state index in [2.05, 4.69) is 66.0 Å². The molecule has 0 saturated carbocycles. The van der Waals surface area contributed by atoms with Crippen LogP contribution in [0.2, 0.25) is 0 Å². The van der Waals surface area contributed by atoms with E-state index in [0.29, 0.717) is 12.8 Å². The number of rotatable bonds is 11.